The van der Waals surface area contributed by atoms with Crippen LogP contribution in [0, 0.1) is 11.3 Å². The number of aliphatic hydroxyl groups is 1. The molecule has 1 aliphatic heterocycles. The van der Waals surface area contributed by atoms with Gasteiger partial charge in [-0.15, -0.1) is 0 Å². The Kier molecular flexibility index (Phi) is 3.73. The minimum atomic E-state index is -0.337. The van der Waals surface area contributed by atoms with Crippen LogP contribution in [0.25, 0.3) is 0 Å². The number of likely N-dealkylation sites (tertiary alicyclic amines) is 1. The van der Waals surface area contributed by atoms with Crippen molar-refractivity contribution in [1.29, 1.82) is 0 Å². The highest BCUT2D eigenvalue weighted by atomic mass is 16.3. The molecule has 4 nitrogen and oxygen atoms in total. The third kappa shape index (κ3) is 2.47. The van der Waals surface area contributed by atoms with Gasteiger partial charge in [-0.2, -0.15) is 0 Å². The standard InChI is InChI=1S/C13H24N2O2/c1-10-2-5-13(9-14,6-3-10)12(17)15-7-4-11(16)8-15/h10-11,16H,2-9,14H2,1H3/t10?,11-,13?/m1/s1. The first-order valence-corrected chi connectivity index (χ1v) is 6.75. The number of β-amino-alcohol motifs (C(OH)–C–C–N with tert-alkyl or cyclic N) is 1. The van der Waals surface area contributed by atoms with Crippen LogP contribution in [0.15, 0.2) is 0 Å². The molecule has 0 spiro atoms. The molecule has 4 heteroatoms. The summed E-state index contributed by atoms with van der Waals surface area (Å²) in [5.41, 5.74) is 5.54. The number of carbonyl (C=O) groups excluding carboxylic acids is 1. The van der Waals surface area contributed by atoms with E-state index in [0.717, 1.165) is 25.7 Å². The maximum Gasteiger partial charge on any atom is 0.230 e. The molecule has 2 aliphatic rings. The van der Waals surface area contributed by atoms with E-state index in [2.05, 4.69) is 6.92 Å². The highest BCUT2D eigenvalue weighted by Crippen LogP contribution is 2.40. The summed E-state index contributed by atoms with van der Waals surface area (Å²) >= 11 is 0. The summed E-state index contributed by atoms with van der Waals surface area (Å²) in [6.45, 7) is 3.88. The van der Waals surface area contributed by atoms with E-state index in [1.54, 1.807) is 0 Å². The van der Waals surface area contributed by atoms with E-state index in [1.807, 2.05) is 4.90 Å². The molecule has 1 aliphatic carbocycles. The predicted octanol–water partition coefficient (Wildman–Crippen LogP) is 0.735. The fourth-order valence-corrected chi connectivity index (χ4v) is 3.08. The number of rotatable bonds is 2. The van der Waals surface area contributed by atoms with E-state index in [-0.39, 0.29) is 17.4 Å². The van der Waals surface area contributed by atoms with Crippen LogP contribution < -0.4 is 5.73 Å². The lowest BCUT2D eigenvalue weighted by molar-refractivity contribution is -0.143. The molecule has 3 N–H and O–H groups in total. The van der Waals surface area contributed by atoms with E-state index in [9.17, 15) is 9.90 Å². The summed E-state index contributed by atoms with van der Waals surface area (Å²) in [7, 11) is 0. The van der Waals surface area contributed by atoms with Gasteiger partial charge >= 0.3 is 0 Å². The normalized spacial score (nSPS) is 38.4. The van der Waals surface area contributed by atoms with Gasteiger partial charge in [-0.1, -0.05) is 6.92 Å². The number of nitrogens with zero attached hydrogens (tertiary/aromatic N) is 1. The Morgan fingerprint density at radius 1 is 1.41 bits per heavy atom. The van der Waals surface area contributed by atoms with E-state index >= 15 is 0 Å². The molecule has 17 heavy (non-hydrogen) atoms. The molecular formula is C13H24N2O2. The number of carbonyl (C=O) groups is 1. The molecule has 0 bridgehead atoms. The molecule has 1 saturated carbocycles. The van der Waals surface area contributed by atoms with Gasteiger partial charge < -0.3 is 15.7 Å². The third-order valence-electron chi connectivity index (χ3n) is 4.53. The zero-order valence-corrected chi connectivity index (χ0v) is 10.7. The van der Waals surface area contributed by atoms with E-state index < -0.39 is 0 Å². The molecule has 0 radical (unpaired) electrons. The van der Waals surface area contributed by atoms with Gasteiger partial charge in [-0.3, -0.25) is 4.79 Å². The summed E-state index contributed by atoms with van der Waals surface area (Å²) in [4.78, 5) is 14.4. The molecule has 0 unspecified atom stereocenters. The largest absolute Gasteiger partial charge is 0.391 e. The first-order valence-electron chi connectivity index (χ1n) is 6.75. The van der Waals surface area contributed by atoms with Crippen LogP contribution in [0.4, 0.5) is 0 Å². The zero-order chi connectivity index (χ0) is 12.5. The molecule has 2 rings (SSSR count). The molecule has 0 aromatic rings. The van der Waals surface area contributed by atoms with E-state index in [0.29, 0.717) is 32.0 Å². The van der Waals surface area contributed by atoms with Gasteiger partial charge in [0, 0.05) is 19.6 Å². The first kappa shape index (κ1) is 12.8. The quantitative estimate of drug-likeness (QED) is 0.748. The molecule has 0 aromatic carbocycles. The molecule has 1 saturated heterocycles. The van der Waals surface area contributed by atoms with Crippen LogP contribution in [0.2, 0.25) is 0 Å². The Hall–Kier alpha value is -0.610. The highest BCUT2D eigenvalue weighted by molar-refractivity contribution is 5.83. The minimum absolute atomic E-state index is 0.184. The number of amides is 1. The third-order valence-corrected chi connectivity index (χ3v) is 4.53. The second-order valence-corrected chi connectivity index (χ2v) is 5.86. The fraction of sp³-hybridized carbons (Fsp3) is 0.923. The van der Waals surface area contributed by atoms with Crippen LogP contribution in [-0.4, -0.2) is 41.7 Å². The van der Waals surface area contributed by atoms with Crippen molar-refractivity contribution in [1.82, 2.24) is 4.90 Å². The van der Waals surface area contributed by atoms with Gasteiger partial charge in [0.2, 0.25) is 5.91 Å². The van der Waals surface area contributed by atoms with Gasteiger partial charge in [0.15, 0.2) is 0 Å². The van der Waals surface area contributed by atoms with Gasteiger partial charge in [-0.05, 0) is 38.0 Å². The molecule has 1 heterocycles. The molecule has 2 fully saturated rings. The lowest BCUT2D eigenvalue weighted by atomic mass is 9.70. The maximum absolute atomic E-state index is 12.5. The van der Waals surface area contributed by atoms with Crippen molar-refractivity contribution < 1.29 is 9.90 Å². The lowest BCUT2D eigenvalue weighted by Crippen LogP contribution is -2.49. The minimum Gasteiger partial charge on any atom is -0.391 e. The average molecular weight is 240 g/mol. The van der Waals surface area contributed by atoms with E-state index in [1.165, 1.54) is 0 Å². The smallest absolute Gasteiger partial charge is 0.230 e. The van der Waals surface area contributed by atoms with Gasteiger partial charge in [0.1, 0.15) is 0 Å². The summed E-state index contributed by atoms with van der Waals surface area (Å²) in [5, 5.41) is 9.52. The second-order valence-electron chi connectivity index (χ2n) is 5.86. The van der Waals surface area contributed by atoms with Crippen LogP contribution in [0.1, 0.15) is 39.0 Å². The predicted molar refractivity (Wildman–Crippen MR) is 66.3 cm³/mol. The summed E-state index contributed by atoms with van der Waals surface area (Å²) < 4.78 is 0. The average Bonchev–Trinajstić information content (AvgIpc) is 2.76. The summed E-state index contributed by atoms with van der Waals surface area (Å²) in [6, 6.07) is 0. The Balaban J connectivity index is 2.04. The molecule has 98 valence electrons. The topological polar surface area (TPSA) is 66.6 Å². The molecule has 0 aromatic heterocycles. The van der Waals surface area contributed by atoms with Crippen LogP contribution in [0.5, 0.6) is 0 Å². The number of aliphatic hydroxyl groups excluding tert-OH is 1. The number of hydrogen-bond acceptors (Lipinski definition) is 3. The van der Waals surface area contributed by atoms with Gasteiger partial charge in [0.05, 0.1) is 11.5 Å². The molecular weight excluding hydrogens is 216 g/mol. The van der Waals surface area contributed by atoms with Crippen molar-refractivity contribution in [2.75, 3.05) is 19.6 Å². The van der Waals surface area contributed by atoms with Gasteiger partial charge in [0.25, 0.3) is 0 Å². The summed E-state index contributed by atoms with van der Waals surface area (Å²) in [6.07, 6.45) is 4.39. The van der Waals surface area contributed by atoms with Crippen molar-refractivity contribution in [2.45, 2.75) is 45.1 Å². The van der Waals surface area contributed by atoms with Crippen molar-refractivity contribution in [2.24, 2.45) is 17.1 Å². The monoisotopic (exact) mass is 240 g/mol. The summed E-state index contributed by atoms with van der Waals surface area (Å²) in [5.74, 6) is 0.898. The molecule has 1 atom stereocenters. The van der Waals surface area contributed by atoms with Crippen molar-refractivity contribution in [3.05, 3.63) is 0 Å². The zero-order valence-electron chi connectivity index (χ0n) is 10.7. The first-order chi connectivity index (χ1) is 8.07. The van der Waals surface area contributed by atoms with Crippen molar-refractivity contribution in [3.8, 4) is 0 Å². The number of hydrogen-bond donors (Lipinski definition) is 2. The second kappa shape index (κ2) is 4.94. The van der Waals surface area contributed by atoms with Crippen LogP contribution in [-0.2, 0) is 4.79 Å². The van der Waals surface area contributed by atoms with Crippen molar-refractivity contribution in [3.63, 3.8) is 0 Å². The highest BCUT2D eigenvalue weighted by Gasteiger charge is 2.43. The Bertz CT molecular complexity index is 285. The lowest BCUT2D eigenvalue weighted by Gasteiger charge is -2.39. The Morgan fingerprint density at radius 2 is 2.06 bits per heavy atom. The SMILES string of the molecule is CC1CCC(CN)(C(=O)N2CC[C@@H](O)C2)CC1. The van der Waals surface area contributed by atoms with Crippen LogP contribution >= 0.6 is 0 Å². The van der Waals surface area contributed by atoms with Crippen molar-refractivity contribution >= 4 is 5.91 Å². The van der Waals surface area contributed by atoms with Gasteiger partial charge in [-0.25, -0.2) is 0 Å². The molecule has 1 amide bonds. The maximum atomic E-state index is 12.5. The number of nitrogens with two attached hydrogens (primary N) is 1. The Morgan fingerprint density at radius 3 is 2.53 bits per heavy atom. The van der Waals surface area contributed by atoms with E-state index in [4.69, 9.17) is 5.73 Å². The Labute approximate surface area is 103 Å². The fourth-order valence-electron chi connectivity index (χ4n) is 3.08. The van der Waals surface area contributed by atoms with Crippen LogP contribution in [0.3, 0.4) is 0 Å².